The van der Waals surface area contributed by atoms with Crippen LogP contribution in [0.3, 0.4) is 0 Å². The molecule has 0 radical (unpaired) electrons. The second-order valence-electron chi connectivity index (χ2n) is 4.45. The van der Waals surface area contributed by atoms with E-state index >= 15 is 0 Å². The van der Waals surface area contributed by atoms with Crippen LogP contribution >= 0.6 is 0 Å². The Labute approximate surface area is 121 Å². The van der Waals surface area contributed by atoms with E-state index < -0.39 is 20.5 Å². The summed E-state index contributed by atoms with van der Waals surface area (Å²) in [6, 6.07) is 10.7. The molecule has 1 unspecified atom stereocenters. The molecule has 0 bridgehead atoms. The number of benzene rings is 1. The zero-order valence-corrected chi connectivity index (χ0v) is 12.0. The minimum Gasteiger partial charge on any atom is -0.377 e. The molecule has 0 aliphatic carbocycles. The molecule has 1 N–H and O–H groups in total. The molecule has 2 rings (SSSR count). The zero-order valence-electron chi connectivity index (χ0n) is 11.2. The Hall–Kier alpha value is -2.02. The van der Waals surface area contributed by atoms with Gasteiger partial charge in [-0.2, -0.15) is 8.78 Å². The van der Waals surface area contributed by atoms with Gasteiger partial charge in [0.15, 0.2) is 0 Å². The van der Waals surface area contributed by atoms with E-state index in [9.17, 15) is 17.2 Å². The van der Waals surface area contributed by atoms with Gasteiger partial charge in [-0.3, -0.25) is 4.98 Å². The van der Waals surface area contributed by atoms with Crippen LogP contribution in [0.5, 0.6) is 0 Å². The number of pyridine rings is 1. The highest BCUT2D eigenvalue weighted by Crippen LogP contribution is 2.22. The van der Waals surface area contributed by atoms with Crippen molar-refractivity contribution in [2.24, 2.45) is 0 Å². The maximum Gasteiger partial charge on any atom is 0.341 e. The van der Waals surface area contributed by atoms with Crippen LogP contribution in [0.15, 0.2) is 53.6 Å². The van der Waals surface area contributed by atoms with Gasteiger partial charge < -0.3 is 5.32 Å². The summed E-state index contributed by atoms with van der Waals surface area (Å²) in [5, 5.41) is 3.12. The highest BCUT2D eigenvalue weighted by Gasteiger charge is 2.26. The molecule has 0 aliphatic heterocycles. The summed E-state index contributed by atoms with van der Waals surface area (Å²) < 4.78 is 47.4. The molecule has 0 saturated carbocycles. The van der Waals surface area contributed by atoms with Gasteiger partial charge in [0.25, 0.3) is 0 Å². The van der Waals surface area contributed by atoms with Crippen LogP contribution in [-0.2, 0) is 9.84 Å². The molecule has 1 aromatic carbocycles. The van der Waals surface area contributed by atoms with Gasteiger partial charge in [-0.15, -0.1) is 0 Å². The van der Waals surface area contributed by atoms with Crippen LogP contribution in [-0.4, -0.2) is 19.2 Å². The van der Waals surface area contributed by atoms with E-state index in [2.05, 4.69) is 10.3 Å². The van der Waals surface area contributed by atoms with Crippen molar-refractivity contribution in [2.75, 3.05) is 5.32 Å². The van der Waals surface area contributed by atoms with Crippen molar-refractivity contribution in [3.05, 3.63) is 54.4 Å². The molecule has 2 aromatic rings. The average molecular weight is 312 g/mol. The van der Waals surface area contributed by atoms with Gasteiger partial charge >= 0.3 is 5.76 Å². The summed E-state index contributed by atoms with van der Waals surface area (Å²) in [6.07, 6.45) is 1.67. The molecule has 21 heavy (non-hydrogen) atoms. The Morgan fingerprint density at radius 3 is 2.29 bits per heavy atom. The molecule has 1 atom stereocenters. The van der Waals surface area contributed by atoms with Crippen LogP contribution in [0.1, 0.15) is 18.7 Å². The number of nitrogens with one attached hydrogen (secondary N) is 1. The summed E-state index contributed by atoms with van der Waals surface area (Å²) in [6.45, 7) is 1.89. The topological polar surface area (TPSA) is 59.1 Å². The lowest BCUT2D eigenvalue weighted by Gasteiger charge is -2.15. The first kappa shape index (κ1) is 15.4. The number of nitrogens with zero attached hydrogens (tertiary/aromatic N) is 1. The molecule has 0 amide bonds. The van der Waals surface area contributed by atoms with Crippen molar-refractivity contribution in [2.45, 2.75) is 23.6 Å². The standard InChI is InChI=1S/C14H14F2N2O2S/c1-10(13-4-2-3-9-17-13)18-11-5-7-12(8-6-11)21(19,20)14(15)16/h2-10,14,18H,1H3. The number of rotatable bonds is 5. The summed E-state index contributed by atoms with van der Waals surface area (Å²) in [7, 11) is -4.55. The number of sulfone groups is 1. The van der Waals surface area contributed by atoms with Gasteiger partial charge in [0.05, 0.1) is 16.6 Å². The van der Waals surface area contributed by atoms with E-state index in [-0.39, 0.29) is 6.04 Å². The van der Waals surface area contributed by atoms with Crippen molar-refractivity contribution in [1.82, 2.24) is 4.98 Å². The SMILES string of the molecule is CC(Nc1ccc(S(=O)(=O)C(F)F)cc1)c1ccccn1. The van der Waals surface area contributed by atoms with Gasteiger partial charge in [0, 0.05) is 11.9 Å². The lowest BCUT2D eigenvalue weighted by Crippen LogP contribution is -2.12. The molecule has 0 saturated heterocycles. The van der Waals surface area contributed by atoms with Crippen LogP contribution in [0.25, 0.3) is 0 Å². The number of halogens is 2. The molecule has 1 heterocycles. The maximum atomic E-state index is 12.4. The average Bonchev–Trinajstić information content (AvgIpc) is 2.48. The van der Waals surface area contributed by atoms with Crippen molar-refractivity contribution >= 4 is 15.5 Å². The normalized spacial score (nSPS) is 13.1. The Morgan fingerprint density at radius 1 is 1.10 bits per heavy atom. The highest BCUT2D eigenvalue weighted by molar-refractivity contribution is 7.91. The number of anilines is 1. The minimum atomic E-state index is -4.55. The van der Waals surface area contributed by atoms with Crippen LogP contribution in [0.2, 0.25) is 0 Å². The first-order chi connectivity index (χ1) is 9.91. The minimum absolute atomic E-state index is 0.0937. The van der Waals surface area contributed by atoms with Crippen molar-refractivity contribution < 1.29 is 17.2 Å². The van der Waals surface area contributed by atoms with E-state index in [0.717, 1.165) is 17.8 Å². The quantitative estimate of drug-likeness (QED) is 0.920. The molecule has 0 fully saturated rings. The zero-order chi connectivity index (χ0) is 15.5. The van der Waals surface area contributed by atoms with Crippen molar-refractivity contribution in [3.8, 4) is 0 Å². The van der Waals surface area contributed by atoms with E-state index in [4.69, 9.17) is 0 Å². The third-order valence-corrected chi connectivity index (χ3v) is 4.33. The third-order valence-electron chi connectivity index (χ3n) is 2.93. The molecule has 1 aromatic heterocycles. The maximum absolute atomic E-state index is 12.4. The summed E-state index contributed by atoms with van der Waals surface area (Å²) >= 11 is 0. The highest BCUT2D eigenvalue weighted by atomic mass is 32.2. The smallest absolute Gasteiger partial charge is 0.341 e. The van der Waals surface area contributed by atoms with Crippen LogP contribution in [0.4, 0.5) is 14.5 Å². The summed E-state index contributed by atoms with van der Waals surface area (Å²) in [5.41, 5.74) is 1.45. The second kappa shape index (κ2) is 6.17. The molecule has 7 heteroatoms. The summed E-state index contributed by atoms with van der Waals surface area (Å²) in [4.78, 5) is 3.80. The van der Waals surface area contributed by atoms with Crippen LogP contribution in [0, 0.1) is 0 Å². The van der Waals surface area contributed by atoms with E-state index in [0.29, 0.717) is 5.69 Å². The Morgan fingerprint density at radius 2 is 1.76 bits per heavy atom. The predicted molar refractivity (Wildman–Crippen MR) is 75.9 cm³/mol. The fourth-order valence-electron chi connectivity index (χ4n) is 1.80. The molecule has 0 spiro atoms. The second-order valence-corrected chi connectivity index (χ2v) is 6.37. The third kappa shape index (κ3) is 3.55. The van der Waals surface area contributed by atoms with Gasteiger partial charge in [0.1, 0.15) is 0 Å². The van der Waals surface area contributed by atoms with Crippen molar-refractivity contribution in [1.29, 1.82) is 0 Å². The Balaban J connectivity index is 2.14. The lowest BCUT2D eigenvalue weighted by molar-refractivity contribution is 0.234. The van der Waals surface area contributed by atoms with Gasteiger partial charge in [-0.05, 0) is 43.3 Å². The molecule has 112 valence electrons. The van der Waals surface area contributed by atoms with Gasteiger partial charge in [-0.1, -0.05) is 6.07 Å². The van der Waals surface area contributed by atoms with E-state index in [1.54, 1.807) is 12.3 Å². The predicted octanol–water partition coefficient (Wildman–Crippen LogP) is 3.25. The van der Waals surface area contributed by atoms with E-state index in [1.165, 1.54) is 12.1 Å². The number of aromatic nitrogens is 1. The molecular formula is C14H14F2N2O2S. The number of alkyl halides is 2. The fourth-order valence-corrected chi connectivity index (χ4v) is 2.52. The first-order valence-electron chi connectivity index (χ1n) is 6.21. The molecule has 4 nitrogen and oxygen atoms in total. The Bertz CT molecular complexity index is 689. The molecule has 0 aliphatic rings. The Kier molecular flexibility index (Phi) is 4.52. The van der Waals surface area contributed by atoms with Gasteiger partial charge in [0.2, 0.25) is 9.84 Å². The monoisotopic (exact) mass is 312 g/mol. The van der Waals surface area contributed by atoms with Crippen molar-refractivity contribution in [3.63, 3.8) is 0 Å². The first-order valence-corrected chi connectivity index (χ1v) is 7.75. The van der Waals surface area contributed by atoms with Crippen LogP contribution < -0.4 is 5.32 Å². The largest absolute Gasteiger partial charge is 0.377 e. The molecular weight excluding hydrogens is 298 g/mol. The fraction of sp³-hybridized carbons (Fsp3) is 0.214. The number of hydrogen-bond acceptors (Lipinski definition) is 4. The van der Waals surface area contributed by atoms with E-state index in [1.807, 2.05) is 19.1 Å². The lowest BCUT2D eigenvalue weighted by atomic mass is 10.2. The van der Waals surface area contributed by atoms with Gasteiger partial charge in [-0.25, -0.2) is 8.42 Å². The number of hydrogen-bond donors (Lipinski definition) is 1. The summed E-state index contributed by atoms with van der Waals surface area (Å²) in [5.74, 6) is -3.41.